The van der Waals surface area contributed by atoms with Gasteiger partial charge in [-0.3, -0.25) is 4.79 Å². The molecule has 5 heteroatoms. The van der Waals surface area contributed by atoms with Gasteiger partial charge in [-0.15, -0.1) is 0 Å². The molecule has 108 valence electrons. The van der Waals surface area contributed by atoms with Crippen LogP contribution in [0, 0.1) is 11.8 Å². The lowest BCUT2D eigenvalue weighted by Gasteiger charge is -2.24. The SMILES string of the molecule is CCOC(=O)[C@H]1C[C@]1(NC(=O)OC(C)(C)C)C1CC1. The highest BCUT2D eigenvalue weighted by atomic mass is 16.6. The fourth-order valence-electron chi connectivity index (χ4n) is 2.60. The van der Waals surface area contributed by atoms with Crippen LogP contribution in [0.1, 0.15) is 47.0 Å². The summed E-state index contributed by atoms with van der Waals surface area (Å²) in [6.07, 6.45) is 2.36. The first-order chi connectivity index (χ1) is 8.78. The normalized spacial score (nSPS) is 29.6. The molecule has 2 saturated carbocycles. The molecule has 2 rings (SSSR count). The van der Waals surface area contributed by atoms with Gasteiger partial charge in [0.2, 0.25) is 0 Å². The summed E-state index contributed by atoms with van der Waals surface area (Å²) in [5.74, 6) is -0.00708. The van der Waals surface area contributed by atoms with E-state index < -0.39 is 17.2 Å². The molecule has 1 N–H and O–H groups in total. The fraction of sp³-hybridized carbons (Fsp3) is 0.857. The average Bonchev–Trinajstić information content (AvgIpc) is 3.08. The number of rotatable bonds is 4. The first kappa shape index (κ1) is 14.2. The van der Waals surface area contributed by atoms with Crippen LogP contribution in [0.3, 0.4) is 0 Å². The molecule has 0 saturated heterocycles. The number of hydrogen-bond acceptors (Lipinski definition) is 4. The third-order valence-electron chi connectivity index (χ3n) is 3.61. The van der Waals surface area contributed by atoms with Crippen molar-refractivity contribution in [1.29, 1.82) is 0 Å². The van der Waals surface area contributed by atoms with E-state index in [0.717, 1.165) is 12.8 Å². The van der Waals surface area contributed by atoms with Crippen LogP contribution in [0.5, 0.6) is 0 Å². The molecule has 0 radical (unpaired) electrons. The molecule has 0 aromatic rings. The largest absolute Gasteiger partial charge is 0.466 e. The second kappa shape index (κ2) is 4.69. The molecule has 0 aliphatic heterocycles. The van der Waals surface area contributed by atoms with Crippen molar-refractivity contribution >= 4 is 12.1 Å². The van der Waals surface area contributed by atoms with E-state index in [1.807, 2.05) is 20.8 Å². The molecular weight excluding hydrogens is 246 g/mol. The molecule has 0 unspecified atom stereocenters. The number of amides is 1. The Hall–Kier alpha value is -1.26. The molecule has 0 spiro atoms. The van der Waals surface area contributed by atoms with Gasteiger partial charge in [-0.2, -0.15) is 0 Å². The van der Waals surface area contributed by atoms with Crippen molar-refractivity contribution < 1.29 is 19.1 Å². The first-order valence-electron chi connectivity index (χ1n) is 6.96. The minimum atomic E-state index is -0.525. The van der Waals surface area contributed by atoms with Crippen molar-refractivity contribution in [2.45, 2.75) is 58.1 Å². The van der Waals surface area contributed by atoms with E-state index in [2.05, 4.69) is 5.32 Å². The molecule has 0 aromatic carbocycles. The summed E-state index contributed by atoms with van der Waals surface area (Å²) < 4.78 is 10.3. The molecule has 19 heavy (non-hydrogen) atoms. The first-order valence-corrected chi connectivity index (χ1v) is 6.96. The van der Waals surface area contributed by atoms with E-state index in [4.69, 9.17) is 9.47 Å². The Balaban J connectivity index is 1.96. The number of carbonyl (C=O) groups excluding carboxylic acids is 2. The van der Waals surface area contributed by atoms with Crippen LogP contribution in [0.4, 0.5) is 4.79 Å². The third kappa shape index (κ3) is 3.19. The van der Waals surface area contributed by atoms with Crippen molar-refractivity contribution in [3.8, 4) is 0 Å². The Morgan fingerprint density at radius 1 is 1.32 bits per heavy atom. The van der Waals surface area contributed by atoms with Crippen molar-refractivity contribution in [3.63, 3.8) is 0 Å². The molecule has 0 aromatic heterocycles. The van der Waals surface area contributed by atoms with Crippen molar-refractivity contribution in [2.24, 2.45) is 11.8 Å². The summed E-state index contributed by atoms with van der Waals surface area (Å²) in [5, 5.41) is 2.91. The summed E-state index contributed by atoms with van der Waals surface area (Å²) in [6.45, 7) is 7.65. The van der Waals surface area contributed by atoms with Crippen LogP contribution in [0.2, 0.25) is 0 Å². The second-order valence-corrected chi connectivity index (χ2v) is 6.45. The zero-order chi connectivity index (χ0) is 14.3. The smallest absolute Gasteiger partial charge is 0.408 e. The van der Waals surface area contributed by atoms with Crippen LogP contribution in [0.25, 0.3) is 0 Å². The summed E-state index contributed by atoms with van der Waals surface area (Å²) in [7, 11) is 0. The lowest BCUT2D eigenvalue weighted by Crippen LogP contribution is -2.44. The van der Waals surface area contributed by atoms with Crippen LogP contribution in [-0.4, -0.2) is 29.8 Å². The highest BCUT2D eigenvalue weighted by Gasteiger charge is 2.67. The van der Waals surface area contributed by atoms with Crippen LogP contribution in [-0.2, 0) is 14.3 Å². The molecule has 2 fully saturated rings. The number of ether oxygens (including phenoxy) is 2. The lowest BCUT2D eigenvalue weighted by atomic mass is 10.1. The van der Waals surface area contributed by atoms with E-state index in [-0.39, 0.29) is 11.9 Å². The van der Waals surface area contributed by atoms with E-state index in [1.54, 1.807) is 6.92 Å². The molecule has 2 aliphatic rings. The second-order valence-electron chi connectivity index (χ2n) is 6.45. The van der Waals surface area contributed by atoms with Gasteiger partial charge in [0.05, 0.1) is 18.1 Å². The van der Waals surface area contributed by atoms with Gasteiger partial charge in [0.1, 0.15) is 5.60 Å². The Morgan fingerprint density at radius 3 is 2.42 bits per heavy atom. The van der Waals surface area contributed by atoms with Crippen LogP contribution < -0.4 is 5.32 Å². The summed E-state index contributed by atoms with van der Waals surface area (Å²) in [4.78, 5) is 23.7. The van der Waals surface area contributed by atoms with Gasteiger partial charge < -0.3 is 14.8 Å². The maximum Gasteiger partial charge on any atom is 0.408 e. The number of nitrogens with one attached hydrogen (secondary N) is 1. The minimum absolute atomic E-state index is 0.201. The van der Waals surface area contributed by atoms with Gasteiger partial charge in [-0.25, -0.2) is 4.79 Å². The maximum atomic E-state index is 11.9. The van der Waals surface area contributed by atoms with Crippen molar-refractivity contribution in [1.82, 2.24) is 5.32 Å². The topological polar surface area (TPSA) is 64.6 Å². The van der Waals surface area contributed by atoms with Crippen molar-refractivity contribution in [3.05, 3.63) is 0 Å². The molecule has 5 nitrogen and oxygen atoms in total. The van der Waals surface area contributed by atoms with E-state index in [1.165, 1.54) is 0 Å². The van der Waals surface area contributed by atoms with Gasteiger partial charge in [-0.1, -0.05) is 0 Å². The Labute approximate surface area is 114 Å². The highest BCUT2D eigenvalue weighted by Crippen LogP contribution is 2.58. The Morgan fingerprint density at radius 2 is 1.95 bits per heavy atom. The zero-order valence-corrected chi connectivity index (χ0v) is 12.1. The maximum absolute atomic E-state index is 11.9. The third-order valence-corrected chi connectivity index (χ3v) is 3.61. The van der Waals surface area contributed by atoms with Gasteiger partial charge in [0.25, 0.3) is 0 Å². The lowest BCUT2D eigenvalue weighted by molar-refractivity contribution is -0.145. The van der Waals surface area contributed by atoms with E-state index in [0.29, 0.717) is 18.9 Å². The number of esters is 1. The Kier molecular flexibility index (Phi) is 3.49. The molecule has 2 aliphatic carbocycles. The predicted molar refractivity (Wildman–Crippen MR) is 69.6 cm³/mol. The van der Waals surface area contributed by atoms with Crippen LogP contribution in [0.15, 0.2) is 0 Å². The van der Waals surface area contributed by atoms with Gasteiger partial charge in [-0.05, 0) is 52.9 Å². The molecule has 0 bridgehead atoms. The molecule has 0 heterocycles. The van der Waals surface area contributed by atoms with Gasteiger partial charge >= 0.3 is 12.1 Å². The molecule has 2 atom stereocenters. The quantitative estimate of drug-likeness (QED) is 0.795. The predicted octanol–water partition coefficient (Wildman–Crippen LogP) is 2.24. The fourth-order valence-corrected chi connectivity index (χ4v) is 2.60. The van der Waals surface area contributed by atoms with Crippen molar-refractivity contribution in [2.75, 3.05) is 6.61 Å². The number of hydrogen-bond donors (Lipinski definition) is 1. The summed E-state index contributed by atoms with van der Waals surface area (Å²) in [6, 6.07) is 0. The summed E-state index contributed by atoms with van der Waals surface area (Å²) >= 11 is 0. The van der Waals surface area contributed by atoms with Gasteiger partial charge in [0, 0.05) is 0 Å². The van der Waals surface area contributed by atoms with E-state index >= 15 is 0 Å². The van der Waals surface area contributed by atoms with Crippen LogP contribution >= 0.6 is 0 Å². The zero-order valence-electron chi connectivity index (χ0n) is 12.1. The Bertz CT molecular complexity index is 383. The van der Waals surface area contributed by atoms with E-state index in [9.17, 15) is 9.59 Å². The number of carbonyl (C=O) groups is 2. The summed E-state index contributed by atoms with van der Waals surface area (Å²) in [5.41, 5.74) is -0.933. The minimum Gasteiger partial charge on any atom is -0.466 e. The van der Waals surface area contributed by atoms with Gasteiger partial charge in [0.15, 0.2) is 0 Å². The monoisotopic (exact) mass is 269 g/mol. The standard InChI is InChI=1S/C14H23NO4/c1-5-18-11(16)10-8-14(10,9-6-7-9)15-12(17)19-13(2,3)4/h9-10H,5-8H2,1-4H3,(H,15,17)/t10-,14+/m1/s1. The highest BCUT2D eigenvalue weighted by molar-refractivity contribution is 5.81. The average molecular weight is 269 g/mol. The molecular formula is C14H23NO4. The number of alkyl carbamates (subject to hydrolysis) is 1. The molecule has 1 amide bonds.